The minimum absolute atomic E-state index is 0.0672. The molecule has 9 nitrogen and oxygen atoms in total. The number of halogens is 2. The quantitative estimate of drug-likeness (QED) is 0.668. The summed E-state index contributed by atoms with van der Waals surface area (Å²) in [4.78, 5) is 30.0. The van der Waals surface area contributed by atoms with Crippen molar-refractivity contribution in [3.8, 4) is 11.3 Å². The minimum atomic E-state index is -0.654. The van der Waals surface area contributed by atoms with Crippen LogP contribution in [-0.2, 0) is 16.8 Å². The summed E-state index contributed by atoms with van der Waals surface area (Å²) in [6.45, 7) is 9.29. The maximum absolute atomic E-state index is 13.8. The van der Waals surface area contributed by atoms with E-state index >= 15 is 0 Å². The molecule has 3 heterocycles. The third-order valence-corrected chi connectivity index (χ3v) is 7.20. The highest BCUT2D eigenvalue weighted by molar-refractivity contribution is 6.31. The van der Waals surface area contributed by atoms with Crippen molar-refractivity contribution in [2.45, 2.75) is 50.9 Å². The van der Waals surface area contributed by atoms with Gasteiger partial charge in [0.1, 0.15) is 11.5 Å². The lowest BCUT2D eigenvalue weighted by Gasteiger charge is -2.38. The summed E-state index contributed by atoms with van der Waals surface area (Å²) in [6, 6.07) is 4.15. The Kier molecular flexibility index (Phi) is 5.81. The molecular weight excluding hydrogens is 475 g/mol. The number of aromatic nitrogens is 2. The van der Waals surface area contributed by atoms with E-state index in [1.807, 2.05) is 25.5 Å². The van der Waals surface area contributed by atoms with Gasteiger partial charge in [0.05, 0.1) is 41.6 Å². The largest absolute Gasteiger partial charge is 0.379 e. The number of fused-ring (bicyclic) bond motifs is 2. The lowest BCUT2D eigenvalue weighted by Crippen LogP contribution is -2.55. The smallest absolute Gasteiger partial charge is 0.318 e. The first-order chi connectivity index (χ1) is 16.5. The van der Waals surface area contributed by atoms with Crippen molar-refractivity contribution >= 4 is 23.5 Å². The third kappa shape index (κ3) is 4.28. The molecule has 1 spiro atoms. The molecular formula is C24H30ClFN6O3. The van der Waals surface area contributed by atoms with Crippen LogP contribution in [0.25, 0.3) is 11.3 Å². The van der Waals surface area contributed by atoms with Crippen LogP contribution >= 0.6 is 11.6 Å². The number of nitrogens with zero attached hydrogens (tertiary/aromatic N) is 4. The Hall–Kier alpha value is -2.69. The number of amides is 3. The predicted octanol–water partition coefficient (Wildman–Crippen LogP) is 2.57. The van der Waals surface area contributed by atoms with Gasteiger partial charge in [-0.25, -0.2) is 9.18 Å². The molecule has 1 aliphatic carbocycles. The van der Waals surface area contributed by atoms with E-state index < -0.39 is 22.8 Å². The summed E-state index contributed by atoms with van der Waals surface area (Å²) >= 11 is 6.04. The van der Waals surface area contributed by atoms with E-state index in [1.165, 1.54) is 18.2 Å². The molecule has 2 aliphatic heterocycles. The van der Waals surface area contributed by atoms with Crippen LogP contribution in [0.1, 0.15) is 43.2 Å². The van der Waals surface area contributed by atoms with Crippen molar-refractivity contribution in [3.05, 3.63) is 40.3 Å². The average Bonchev–Trinajstić information content (AvgIpc) is 3.35. The summed E-state index contributed by atoms with van der Waals surface area (Å²) in [6.07, 6.45) is 0.781. The molecule has 5 rings (SSSR count). The molecule has 1 aromatic carbocycles. The van der Waals surface area contributed by atoms with Crippen LogP contribution in [0.5, 0.6) is 0 Å². The van der Waals surface area contributed by atoms with Gasteiger partial charge >= 0.3 is 6.03 Å². The third-order valence-electron chi connectivity index (χ3n) is 6.91. The molecule has 35 heavy (non-hydrogen) atoms. The van der Waals surface area contributed by atoms with Crippen molar-refractivity contribution < 1.29 is 18.7 Å². The van der Waals surface area contributed by atoms with Gasteiger partial charge in [-0.3, -0.25) is 14.4 Å². The Labute approximate surface area is 208 Å². The maximum Gasteiger partial charge on any atom is 0.318 e. The summed E-state index contributed by atoms with van der Waals surface area (Å²) in [5.41, 5.74) is 6.60. The summed E-state index contributed by atoms with van der Waals surface area (Å²) < 4.78 is 21.3. The second kappa shape index (κ2) is 8.46. The summed E-state index contributed by atoms with van der Waals surface area (Å²) in [5, 5.41) is 7.82. The van der Waals surface area contributed by atoms with E-state index in [4.69, 9.17) is 27.2 Å². The number of hydrogen-bond acceptors (Lipinski definition) is 5. The zero-order valence-corrected chi connectivity index (χ0v) is 20.9. The van der Waals surface area contributed by atoms with Crippen LogP contribution in [-0.4, -0.2) is 75.9 Å². The SMILES string of the molecule is CC(C)(C)NC(=O)N1Cc2c(C(N)=O)c(-c3ccc(F)c(Cl)c3)nn2[C@]2(CC2N2CCOCC2)C1. The van der Waals surface area contributed by atoms with E-state index in [-0.39, 0.29) is 29.2 Å². The number of benzene rings is 1. The molecule has 3 aliphatic rings. The average molecular weight is 505 g/mol. The summed E-state index contributed by atoms with van der Waals surface area (Å²) in [5.74, 6) is -1.21. The Morgan fingerprint density at radius 1 is 1.29 bits per heavy atom. The van der Waals surface area contributed by atoms with Crippen molar-refractivity contribution in [2.75, 3.05) is 32.8 Å². The molecule has 3 amide bonds. The number of hydrogen-bond donors (Lipinski definition) is 2. The van der Waals surface area contributed by atoms with Crippen molar-refractivity contribution in [1.29, 1.82) is 0 Å². The second-order valence-electron chi connectivity index (χ2n) is 10.6. The zero-order valence-electron chi connectivity index (χ0n) is 20.1. The van der Waals surface area contributed by atoms with E-state index in [1.54, 1.807) is 4.90 Å². The predicted molar refractivity (Wildman–Crippen MR) is 129 cm³/mol. The molecule has 2 atom stereocenters. The van der Waals surface area contributed by atoms with Gasteiger partial charge in [-0.2, -0.15) is 5.10 Å². The fourth-order valence-electron chi connectivity index (χ4n) is 5.28. The summed E-state index contributed by atoms with van der Waals surface area (Å²) in [7, 11) is 0. The highest BCUT2D eigenvalue weighted by Gasteiger charge is 2.63. The van der Waals surface area contributed by atoms with Crippen molar-refractivity contribution in [1.82, 2.24) is 24.9 Å². The van der Waals surface area contributed by atoms with E-state index in [2.05, 4.69) is 10.2 Å². The van der Waals surface area contributed by atoms with Gasteiger partial charge < -0.3 is 20.7 Å². The number of carbonyl (C=O) groups excluding carboxylic acids is 2. The number of carbonyl (C=O) groups is 2. The second-order valence-corrected chi connectivity index (χ2v) is 11.0. The number of rotatable bonds is 3. The maximum atomic E-state index is 13.8. The van der Waals surface area contributed by atoms with Crippen LogP contribution in [0.15, 0.2) is 18.2 Å². The van der Waals surface area contributed by atoms with Crippen molar-refractivity contribution in [3.63, 3.8) is 0 Å². The monoisotopic (exact) mass is 504 g/mol. The standard InChI is InChI=1S/C24H30ClFN6O3/c1-23(2,3)28-22(34)31-12-17-19(21(27)33)20(14-4-5-16(26)15(25)10-14)29-32(17)24(13-31)11-18(24)30-6-8-35-9-7-30/h4-5,10,18H,6-9,11-13H2,1-3H3,(H2,27,33)(H,28,34)/t18?,24-/m1/s1. The van der Waals surface area contributed by atoms with Gasteiger partial charge in [0.15, 0.2) is 0 Å². The van der Waals surface area contributed by atoms with Crippen LogP contribution in [0, 0.1) is 5.82 Å². The van der Waals surface area contributed by atoms with E-state index in [0.29, 0.717) is 36.7 Å². The lowest BCUT2D eigenvalue weighted by molar-refractivity contribution is 0.0235. The van der Waals surface area contributed by atoms with Crippen LogP contribution < -0.4 is 11.1 Å². The Bertz CT molecular complexity index is 1190. The molecule has 0 bridgehead atoms. The first-order valence-electron chi connectivity index (χ1n) is 11.8. The fraction of sp³-hybridized carbons (Fsp3) is 0.542. The highest BCUT2D eigenvalue weighted by atomic mass is 35.5. The fourth-order valence-corrected chi connectivity index (χ4v) is 5.46. The van der Waals surface area contributed by atoms with Crippen LogP contribution in [0.4, 0.5) is 9.18 Å². The van der Waals surface area contributed by atoms with Gasteiger partial charge in [0, 0.05) is 36.8 Å². The molecule has 1 aromatic heterocycles. The van der Waals surface area contributed by atoms with Gasteiger partial charge in [-0.05, 0) is 45.4 Å². The van der Waals surface area contributed by atoms with Crippen molar-refractivity contribution in [2.24, 2.45) is 5.73 Å². The molecule has 1 unspecified atom stereocenters. The molecule has 1 saturated carbocycles. The Balaban J connectivity index is 1.61. The number of ether oxygens (including phenoxy) is 1. The Morgan fingerprint density at radius 2 is 2.00 bits per heavy atom. The van der Waals surface area contributed by atoms with Gasteiger partial charge in [-0.1, -0.05) is 11.6 Å². The molecule has 1 saturated heterocycles. The molecule has 2 aromatic rings. The van der Waals surface area contributed by atoms with Gasteiger partial charge in [-0.15, -0.1) is 0 Å². The molecule has 0 radical (unpaired) electrons. The van der Waals surface area contributed by atoms with Gasteiger partial charge in [0.2, 0.25) is 0 Å². The number of nitrogens with two attached hydrogens (primary N) is 1. The molecule has 2 fully saturated rings. The lowest BCUT2D eigenvalue weighted by atomic mass is 10.0. The molecule has 188 valence electrons. The Morgan fingerprint density at radius 3 is 2.63 bits per heavy atom. The molecule has 3 N–H and O–H groups in total. The normalized spacial score (nSPS) is 24.4. The zero-order chi connectivity index (χ0) is 25.1. The van der Waals surface area contributed by atoms with E-state index in [0.717, 1.165) is 19.5 Å². The van der Waals surface area contributed by atoms with Crippen LogP contribution in [0.2, 0.25) is 5.02 Å². The highest BCUT2D eigenvalue weighted by Crippen LogP contribution is 2.52. The van der Waals surface area contributed by atoms with Gasteiger partial charge in [0.25, 0.3) is 5.91 Å². The number of urea groups is 1. The number of primary amides is 1. The first-order valence-corrected chi connectivity index (χ1v) is 12.1. The van der Waals surface area contributed by atoms with E-state index in [9.17, 15) is 14.0 Å². The first kappa shape index (κ1) is 24.0. The number of nitrogens with one attached hydrogen (secondary N) is 1. The minimum Gasteiger partial charge on any atom is -0.379 e. The number of morpholine rings is 1. The molecule has 11 heteroatoms. The topological polar surface area (TPSA) is 106 Å². The van der Waals surface area contributed by atoms with Crippen LogP contribution in [0.3, 0.4) is 0 Å².